The van der Waals surface area contributed by atoms with Gasteiger partial charge in [0.15, 0.2) is 12.6 Å². The lowest BCUT2D eigenvalue weighted by atomic mass is 9.78. The van der Waals surface area contributed by atoms with E-state index in [4.69, 9.17) is 37.9 Å². The zero-order chi connectivity index (χ0) is 38.4. The maximum absolute atomic E-state index is 6.33. The third kappa shape index (κ3) is 10.8. The topological polar surface area (TPSA) is 80.4 Å². The summed E-state index contributed by atoms with van der Waals surface area (Å²) >= 11 is 0. The fraction of sp³-hybridized carbons (Fsp3) is 0.489. The average molecular weight is 751 g/mol. The Morgan fingerprint density at radius 2 is 0.873 bits per heavy atom. The quantitative estimate of drug-likeness (QED) is 0.0693. The molecule has 2 heterocycles. The summed E-state index contributed by atoms with van der Waals surface area (Å²) in [7, 11) is 0. The Balaban J connectivity index is 0.795. The lowest BCUT2D eigenvalue weighted by molar-refractivity contribution is -0.127. The van der Waals surface area contributed by atoms with Crippen LogP contribution < -0.4 is 18.9 Å². The Morgan fingerprint density at radius 3 is 1.25 bits per heavy atom. The summed E-state index contributed by atoms with van der Waals surface area (Å²) in [6, 6.07) is 33.5. The third-order valence-corrected chi connectivity index (χ3v) is 11.3. The van der Waals surface area contributed by atoms with Crippen molar-refractivity contribution >= 4 is 0 Å². The highest BCUT2D eigenvalue weighted by atomic mass is 16.7. The summed E-state index contributed by atoms with van der Waals surface area (Å²) in [5.74, 6) is 3.85. The second-order valence-electron chi connectivity index (χ2n) is 16.4. The minimum Gasteiger partial charge on any atom is -0.491 e. The minimum absolute atomic E-state index is 0.162. The van der Waals surface area contributed by atoms with E-state index >= 15 is 0 Å². The molecule has 8 nitrogen and oxygen atoms in total. The maximum Gasteiger partial charge on any atom is 0.197 e. The van der Waals surface area contributed by atoms with Crippen LogP contribution in [0.15, 0.2) is 97.1 Å². The van der Waals surface area contributed by atoms with E-state index < -0.39 is 0 Å². The monoisotopic (exact) mass is 750 g/mol. The molecule has 0 amide bonds. The van der Waals surface area contributed by atoms with Crippen LogP contribution in [0, 0.1) is 5.92 Å². The molecule has 1 saturated carbocycles. The molecule has 0 bridgehead atoms. The molecule has 2 saturated heterocycles. The van der Waals surface area contributed by atoms with Gasteiger partial charge in [-0.25, -0.2) is 0 Å². The zero-order valence-electron chi connectivity index (χ0n) is 33.3. The summed E-state index contributed by atoms with van der Waals surface area (Å²) in [4.78, 5) is 0. The second kappa shape index (κ2) is 17.4. The average Bonchev–Trinajstić information content (AvgIpc) is 4.13. The standard InChI is InChI=1S/C47H58O8/c1-32(53-42-23-13-37(14-24-42)46(3,4)35-9-19-39(20-10-35)49-28-44-30-51-44)48-27-34-7-17-41(18-8-34)54-33(2)55-43-25-15-38(16-26-43)47(5,6)36-11-21-40(22-12-36)50-29-45-31-52-45/h9-16,19-26,32-34,41,44-45H,7-8,17-18,27-31H2,1-6H3. The predicted octanol–water partition coefficient (Wildman–Crippen LogP) is 9.64. The molecule has 55 heavy (non-hydrogen) atoms. The van der Waals surface area contributed by atoms with Gasteiger partial charge in [-0.3, -0.25) is 0 Å². The van der Waals surface area contributed by atoms with Crippen molar-refractivity contribution in [3.63, 3.8) is 0 Å². The summed E-state index contributed by atoms with van der Waals surface area (Å²) in [5, 5.41) is 0. The van der Waals surface area contributed by atoms with Crippen LogP contribution in [-0.2, 0) is 29.8 Å². The largest absolute Gasteiger partial charge is 0.491 e. The predicted molar refractivity (Wildman–Crippen MR) is 213 cm³/mol. The number of epoxide rings is 2. The van der Waals surface area contributed by atoms with Crippen LogP contribution in [-0.4, -0.2) is 63.9 Å². The molecule has 1 aliphatic carbocycles. The molecule has 4 unspecified atom stereocenters. The molecule has 4 aromatic carbocycles. The van der Waals surface area contributed by atoms with E-state index in [0.29, 0.717) is 25.7 Å². The number of ether oxygens (including phenoxy) is 8. The van der Waals surface area contributed by atoms with Crippen LogP contribution in [0.4, 0.5) is 0 Å². The van der Waals surface area contributed by atoms with Crippen molar-refractivity contribution in [2.24, 2.45) is 5.92 Å². The van der Waals surface area contributed by atoms with E-state index in [1.807, 2.05) is 62.4 Å². The van der Waals surface area contributed by atoms with Gasteiger partial charge in [-0.1, -0.05) is 76.2 Å². The molecule has 0 radical (unpaired) electrons. The zero-order valence-corrected chi connectivity index (χ0v) is 33.3. The first-order chi connectivity index (χ1) is 26.5. The van der Waals surface area contributed by atoms with Crippen LogP contribution in [0.5, 0.6) is 23.0 Å². The van der Waals surface area contributed by atoms with Gasteiger partial charge in [0.25, 0.3) is 0 Å². The second-order valence-corrected chi connectivity index (χ2v) is 16.4. The number of hydrogen-bond acceptors (Lipinski definition) is 8. The lowest BCUT2D eigenvalue weighted by Crippen LogP contribution is -2.30. The van der Waals surface area contributed by atoms with E-state index in [1.165, 1.54) is 22.3 Å². The van der Waals surface area contributed by atoms with Crippen molar-refractivity contribution in [1.82, 2.24) is 0 Å². The Labute approximate surface area is 327 Å². The molecule has 4 atom stereocenters. The molecule has 3 aliphatic rings. The highest BCUT2D eigenvalue weighted by Crippen LogP contribution is 2.36. The van der Waals surface area contributed by atoms with Gasteiger partial charge in [0.2, 0.25) is 0 Å². The Hall–Kier alpha value is -4.08. The van der Waals surface area contributed by atoms with Gasteiger partial charge in [0, 0.05) is 10.8 Å². The third-order valence-electron chi connectivity index (χ3n) is 11.3. The van der Waals surface area contributed by atoms with Crippen molar-refractivity contribution in [2.45, 2.75) is 109 Å². The lowest BCUT2D eigenvalue weighted by Gasteiger charge is -2.31. The fourth-order valence-electron chi connectivity index (χ4n) is 7.30. The molecule has 3 fully saturated rings. The number of hydrogen-bond donors (Lipinski definition) is 0. The summed E-state index contributed by atoms with van der Waals surface area (Å²) in [5.41, 5.74) is 4.57. The molecular weight excluding hydrogens is 693 g/mol. The van der Waals surface area contributed by atoms with Crippen molar-refractivity contribution in [2.75, 3.05) is 33.0 Å². The van der Waals surface area contributed by atoms with Crippen molar-refractivity contribution in [3.05, 3.63) is 119 Å². The van der Waals surface area contributed by atoms with Crippen LogP contribution in [0.25, 0.3) is 0 Å². The number of rotatable bonds is 19. The highest BCUT2D eigenvalue weighted by Gasteiger charge is 2.28. The van der Waals surface area contributed by atoms with Gasteiger partial charge in [-0.2, -0.15) is 0 Å². The van der Waals surface area contributed by atoms with Gasteiger partial charge in [-0.15, -0.1) is 0 Å². The highest BCUT2D eigenvalue weighted by molar-refractivity contribution is 5.43. The first-order valence-electron chi connectivity index (χ1n) is 20.0. The van der Waals surface area contributed by atoms with Crippen molar-refractivity contribution in [3.8, 4) is 23.0 Å². The molecule has 0 N–H and O–H groups in total. The number of benzene rings is 4. The van der Waals surface area contributed by atoms with E-state index in [-0.39, 0.29) is 41.7 Å². The summed E-state index contributed by atoms with van der Waals surface area (Å²) < 4.78 is 46.9. The van der Waals surface area contributed by atoms with Gasteiger partial charge in [0.05, 0.1) is 25.9 Å². The fourth-order valence-corrected chi connectivity index (χ4v) is 7.30. The Bertz CT molecular complexity index is 1770. The summed E-state index contributed by atoms with van der Waals surface area (Å²) in [6.07, 6.45) is 4.11. The van der Waals surface area contributed by atoms with Crippen LogP contribution >= 0.6 is 0 Å². The molecule has 2 aliphatic heterocycles. The Morgan fingerprint density at radius 1 is 0.509 bits per heavy atom. The molecule has 4 aromatic rings. The minimum atomic E-state index is -0.334. The maximum atomic E-state index is 6.33. The molecule has 8 heteroatoms. The van der Waals surface area contributed by atoms with E-state index in [1.54, 1.807) is 0 Å². The SMILES string of the molecule is CC(OCC1CCC(OC(C)Oc2ccc(C(C)(C)c3ccc(OCC4CO4)cc3)cc2)CC1)Oc1ccc(C(C)(C)c2ccc(OCC3CO3)cc2)cc1. The van der Waals surface area contributed by atoms with Gasteiger partial charge >= 0.3 is 0 Å². The van der Waals surface area contributed by atoms with Crippen LogP contribution in [0.2, 0.25) is 0 Å². The van der Waals surface area contributed by atoms with Crippen LogP contribution in [0.1, 0.15) is 89.5 Å². The smallest absolute Gasteiger partial charge is 0.197 e. The van der Waals surface area contributed by atoms with E-state index in [9.17, 15) is 0 Å². The molecule has 0 spiro atoms. The van der Waals surface area contributed by atoms with Crippen molar-refractivity contribution < 1.29 is 37.9 Å². The molecule has 0 aromatic heterocycles. The summed E-state index contributed by atoms with van der Waals surface area (Å²) in [6.45, 7) is 16.4. The van der Waals surface area contributed by atoms with Gasteiger partial charge < -0.3 is 37.9 Å². The van der Waals surface area contributed by atoms with Gasteiger partial charge in [0.1, 0.15) is 48.4 Å². The van der Waals surface area contributed by atoms with Crippen LogP contribution in [0.3, 0.4) is 0 Å². The molecule has 294 valence electrons. The first-order valence-corrected chi connectivity index (χ1v) is 20.0. The normalized spacial score (nSPS) is 22.0. The van der Waals surface area contributed by atoms with Gasteiger partial charge in [-0.05, 0) is 116 Å². The Kier molecular flexibility index (Phi) is 12.4. The van der Waals surface area contributed by atoms with Crippen molar-refractivity contribution in [1.29, 1.82) is 0 Å². The van der Waals surface area contributed by atoms with E-state index in [2.05, 4.69) is 76.2 Å². The molecule has 7 rings (SSSR count). The first kappa shape index (κ1) is 39.2. The van der Waals surface area contributed by atoms with E-state index in [0.717, 1.165) is 61.9 Å². The molecular formula is C47H58O8.